The molecule has 1 amide bonds. The van der Waals surface area contributed by atoms with Crippen molar-refractivity contribution in [2.75, 3.05) is 12.5 Å². The molecule has 7 nitrogen and oxygen atoms in total. The molecule has 0 spiro atoms. The van der Waals surface area contributed by atoms with Gasteiger partial charge in [0.25, 0.3) is 5.22 Å². The number of hydrogen-bond donors (Lipinski definition) is 1. The average Bonchev–Trinajstić information content (AvgIpc) is 3.30. The van der Waals surface area contributed by atoms with Gasteiger partial charge in [0, 0.05) is 11.6 Å². The number of nitrogens with one attached hydrogen (secondary N) is 1. The van der Waals surface area contributed by atoms with E-state index in [9.17, 15) is 4.79 Å². The van der Waals surface area contributed by atoms with E-state index in [0.29, 0.717) is 28.5 Å². The van der Waals surface area contributed by atoms with E-state index in [4.69, 9.17) is 13.9 Å². The van der Waals surface area contributed by atoms with Crippen LogP contribution in [0.25, 0.3) is 11.5 Å². The standard InChI is InChI=1S/C18H21N3O4S/c1-11-4-2-3-5-13(11)19-16(22)9-26-18-21-20-17(25-18)12-6-7-14-15(8-12)24-10-23-14/h6-8,11,13H,2-5,9-10H2,1H3,(H,19,22)/t11-,13-/m1/s1. The second-order valence-electron chi connectivity index (χ2n) is 6.67. The summed E-state index contributed by atoms with van der Waals surface area (Å²) in [6, 6.07) is 5.74. The zero-order chi connectivity index (χ0) is 17.9. The molecule has 0 radical (unpaired) electrons. The summed E-state index contributed by atoms with van der Waals surface area (Å²) in [5.74, 6) is 2.58. The Balaban J connectivity index is 1.33. The van der Waals surface area contributed by atoms with Gasteiger partial charge in [0.2, 0.25) is 18.6 Å². The van der Waals surface area contributed by atoms with Crippen molar-refractivity contribution in [3.63, 3.8) is 0 Å². The highest BCUT2D eigenvalue weighted by molar-refractivity contribution is 7.99. The summed E-state index contributed by atoms with van der Waals surface area (Å²) < 4.78 is 16.3. The lowest BCUT2D eigenvalue weighted by Crippen LogP contribution is -2.41. The molecule has 4 rings (SSSR count). The normalized spacial score (nSPS) is 21.6. The van der Waals surface area contributed by atoms with Crippen LogP contribution in [-0.2, 0) is 4.79 Å². The second-order valence-corrected chi connectivity index (χ2v) is 7.59. The zero-order valence-electron chi connectivity index (χ0n) is 14.6. The Kier molecular flexibility index (Phi) is 5.01. The monoisotopic (exact) mass is 375 g/mol. The van der Waals surface area contributed by atoms with Gasteiger partial charge in [-0.1, -0.05) is 31.5 Å². The van der Waals surface area contributed by atoms with Crippen LogP contribution in [-0.4, -0.2) is 34.7 Å². The SMILES string of the molecule is C[C@@H]1CCCC[C@H]1NC(=O)CSc1nnc(-c2ccc3c(c2)OCO3)o1. The predicted molar refractivity (Wildman–Crippen MR) is 96.1 cm³/mol. The Morgan fingerprint density at radius 2 is 2.08 bits per heavy atom. The van der Waals surface area contributed by atoms with Crippen molar-refractivity contribution in [3.05, 3.63) is 18.2 Å². The molecule has 26 heavy (non-hydrogen) atoms. The molecule has 1 aliphatic heterocycles. The Morgan fingerprint density at radius 1 is 1.23 bits per heavy atom. The third kappa shape index (κ3) is 3.80. The number of rotatable bonds is 5. The lowest BCUT2D eigenvalue weighted by molar-refractivity contribution is -0.119. The molecule has 2 heterocycles. The number of hydrogen-bond acceptors (Lipinski definition) is 7. The molecule has 1 aliphatic carbocycles. The molecular weight excluding hydrogens is 354 g/mol. The van der Waals surface area contributed by atoms with Gasteiger partial charge < -0.3 is 19.2 Å². The minimum absolute atomic E-state index is 0.0107. The van der Waals surface area contributed by atoms with Crippen LogP contribution in [0.4, 0.5) is 0 Å². The van der Waals surface area contributed by atoms with E-state index in [-0.39, 0.29) is 24.5 Å². The third-order valence-corrected chi connectivity index (χ3v) is 5.63. The molecule has 1 saturated carbocycles. The number of carbonyl (C=O) groups excluding carboxylic acids is 1. The first-order valence-corrected chi connectivity index (χ1v) is 9.83. The summed E-state index contributed by atoms with van der Waals surface area (Å²) in [5, 5.41) is 11.6. The molecule has 1 aromatic heterocycles. The highest BCUT2D eigenvalue weighted by Crippen LogP contribution is 2.36. The molecule has 8 heteroatoms. The molecule has 2 aliphatic rings. The van der Waals surface area contributed by atoms with E-state index >= 15 is 0 Å². The fraction of sp³-hybridized carbons (Fsp3) is 0.500. The van der Waals surface area contributed by atoms with Crippen LogP contribution >= 0.6 is 11.8 Å². The maximum atomic E-state index is 12.2. The molecule has 0 unspecified atom stereocenters. The maximum Gasteiger partial charge on any atom is 0.277 e. The summed E-state index contributed by atoms with van der Waals surface area (Å²) in [7, 11) is 0. The fourth-order valence-corrected chi connectivity index (χ4v) is 3.90. The summed E-state index contributed by atoms with van der Waals surface area (Å²) >= 11 is 1.25. The van der Waals surface area contributed by atoms with Crippen molar-refractivity contribution in [1.82, 2.24) is 15.5 Å². The highest BCUT2D eigenvalue weighted by atomic mass is 32.2. The van der Waals surface area contributed by atoms with Gasteiger partial charge in [-0.05, 0) is 37.0 Å². The van der Waals surface area contributed by atoms with Crippen LogP contribution in [0.5, 0.6) is 11.5 Å². The first kappa shape index (κ1) is 17.2. The van der Waals surface area contributed by atoms with Crippen LogP contribution in [0, 0.1) is 5.92 Å². The summed E-state index contributed by atoms with van der Waals surface area (Å²) in [6.07, 6.45) is 4.69. The molecule has 2 atom stereocenters. The van der Waals surface area contributed by atoms with Crippen molar-refractivity contribution in [2.24, 2.45) is 5.92 Å². The molecule has 0 saturated heterocycles. The van der Waals surface area contributed by atoms with E-state index in [1.165, 1.54) is 31.0 Å². The van der Waals surface area contributed by atoms with E-state index < -0.39 is 0 Å². The minimum Gasteiger partial charge on any atom is -0.454 e. The van der Waals surface area contributed by atoms with E-state index in [1.807, 2.05) is 18.2 Å². The Hall–Kier alpha value is -2.22. The number of fused-ring (bicyclic) bond motifs is 1. The van der Waals surface area contributed by atoms with Crippen molar-refractivity contribution in [1.29, 1.82) is 0 Å². The van der Waals surface area contributed by atoms with Gasteiger partial charge >= 0.3 is 0 Å². The predicted octanol–water partition coefficient (Wildman–Crippen LogP) is 3.25. The Labute approximate surface area is 155 Å². The van der Waals surface area contributed by atoms with Crippen LogP contribution in [0.1, 0.15) is 32.6 Å². The molecule has 1 aromatic carbocycles. The van der Waals surface area contributed by atoms with Crippen molar-refractivity contribution >= 4 is 17.7 Å². The van der Waals surface area contributed by atoms with Crippen molar-refractivity contribution < 1.29 is 18.7 Å². The first-order valence-electron chi connectivity index (χ1n) is 8.85. The zero-order valence-corrected chi connectivity index (χ0v) is 15.4. The van der Waals surface area contributed by atoms with Gasteiger partial charge in [0.1, 0.15) is 0 Å². The van der Waals surface area contributed by atoms with Gasteiger partial charge in [-0.15, -0.1) is 10.2 Å². The van der Waals surface area contributed by atoms with Gasteiger partial charge in [0.15, 0.2) is 11.5 Å². The van der Waals surface area contributed by atoms with Crippen LogP contribution < -0.4 is 14.8 Å². The number of amides is 1. The van der Waals surface area contributed by atoms with Gasteiger partial charge in [-0.25, -0.2) is 0 Å². The molecule has 0 bridgehead atoms. The number of benzene rings is 1. The fourth-order valence-electron chi connectivity index (χ4n) is 3.32. The quantitative estimate of drug-likeness (QED) is 0.803. The van der Waals surface area contributed by atoms with E-state index in [0.717, 1.165) is 12.0 Å². The third-order valence-electron chi connectivity index (χ3n) is 4.81. The largest absolute Gasteiger partial charge is 0.454 e. The van der Waals surface area contributed by atoms with Gasteiger partial charge in [0.05, 0.1) is 5.75 Å². The number of aromatic nitrogens is 2. The highest BCUT2D eigenvalue weighted by Gasteiger charge is 2.23. The molecule has 138 valence electrons. The Bertz CT molecular complexity index is 794. The van der Waals surface area contributed by atoms with Crippen LogP contribution in [0.2, 0.25) is 0 Å². The number of carbonyl (C=O) groups is 1. The molecule has 1 fully saturated rings. The average molecular weight is 375 g/mol. The van der Waals surface area contributed by atoms with E-state index in [2.05, 4.69) is 22.4 Å². The van der Waals surface area contributed by atoms with Gasteiger partial charge in [-0.2, -0.15) is 0 Å². The van der Waals surface area contributed by atoms with Crippen LogP contribution in [0.3, 0.4) is 0 Å². The second kappa shape index (κ2) is 7.57. The van der Waals surface area contributed by atoms with E-state index in [1.54, 1.807) is 0 Å². The number of nitrogens with zero attached hydrogens (tertiary/aromatic N) is 2. The lowest BCUT2D eigenvalue weighted by atomic mass is 9.86. The minimum atomic E-state index is 0.0107. The van der Waals surface area contributed by atoms with Gasteiger partial charge in [-0.3, -0.25) is 4.79 Å². The first-order chi connectivity index (χ1) is 12.7. The van der Waals surface area contributed by atoms with Crippen molar-refractivity contribution in [2.45, 2.75) is 43.9 Å². The smallest absolute Gasteiger partial charge is 0.277 e. The maximum absolute atomic E-state index is 12.2. The van der Waals surface area contributed by atoms with Crippen LogP contribution in [0.15, 0.2) is 27.8 Å². The van der Waals surface area contributed by atoms with Crippen molar-refractivity contribution in [3.8, 4) is 23.0 Å². The summed E-state index contributed by atoms with van der Waals surface area (Å²) in [5.41, 5.74) is 0.758. The summed E-state index contributed by atoms with van der Waals surface area (Å²) in [4.78, 5) is 12.2. The number of thioether (sulfide) groups is 1. The molecule has 1 N–H and O–H groups in total. The Morgan fingerprint density at radius 3 is 2.96 bits per heavy atom. The lowest BCUT2D eigenvalue weighted by Gasteiger charge is -2.29. The topological polar surface area (TPSA) is 86.5 Å². The molecule has 2 aromatic rings. The molecular formula is C18H21N3O4S. The summed E-state index contributed by atoms with van der Waals surface area (Å²) in [6.45, 7) is 2.42. The number of ether oxygens (including phenoxy) is 2.